The lowest BCUT2D eigenvalue weighted by Crippen LogP contribution is -2.23. The van der Waals surface area contributed by atoms with Crippen LogP contribution in [0.5, 0.6) is 0 Å². The SMILES string of the molecule is NC(=S)c1ccc(CNC(=O)c2cc(I)ccc2Br)cc1. The third-order valence-corrected chi connectivity index (χ3v) is 4.46. The van der Waals surface area contributed by atoms with E-state index in [2.05, 4.69) is 43.8 Å². The highest BCUT2D eigenvalue weighted by Crippen LogP contribution is 2.19. The summed E-state index contributed by atoms with van der Waals surface area (Å²) in [5.41, 5.74) is 7.99. The number of hydrogen-bond donors (Lipinski definition) is 2. The minimum absolute atomic E-state index is 0.112. The van der Waals surface area contributed by atoms with Crippen molar-refractivity contribution in [1.82, 2.24) is 5.32 Å². The second-order valence-electron chi connectivity index (χ2n) is 4.37. The molecular weight excluding hydrogens is 463 g/mol. The standard InChI is InChI=1S/C15H12BrIN2OS/c16-13-6-5-11(17)7-12(13)15(20)19-8-9-1-3-10(4-2-9)14(18)21/h1-7H,8H2,(H2,18,21)(H,19,20). The van der Waals surface area contributed by atoms with Gasteiger partial charge in [0.25, 0.3) is 5.91 Å². The number of hydrogen-bond acceptors (Lipinski definition) is 2. The quantitative estimate of drug-likeness (QED) is 0.525. The smallest absolute Gasteiger partial charge is 0.252 e. The van der Waals surface area contributed by atoms with Gasteiger partial charge >= 0.3 is 0 Å². The number of thiocarbonyl (C=S) groups is 1. The van der Waals surface area contributed by atoms with Gasteiger partial charge in [-0.3, -0.25) is 4.79 Å². The van der Waals surface area contributed by atoms with Crippen LogP contribution in [0.2, 0.25) is 0 Å². The first-order valence-electron chi connectivity index (χ1n) is 6.09. The maximum atomic E-state index is 12.2. The van der Waals surface area contributed by atoms with Gasteiger partial charge in [0.1, 0.15) is 4.99 Å². The van der Waals surface area contributed by atoms with Crippen molar-refractivity contribution in [2.75, 3.05) is 0 Å². The van der Waals surface area contributed by atoms with E-state index in [0.29, 0.717) is 17.1 Å². The van der Waals surface area contributed by atoms with E-state index in [-0.39, 0.29) is 5.91 Å². The number of rotatable bonds is 4. The third-order valence-electron chi connectivity index (χ3n) is 2.86. The van der Waals surface area contributed by atoms with Crippen molar-refractivity contribution in [2.24, 2.45) is 5.73 Å². The van der Waals surface area contributed by atoms with E-state index in [1.54, 1.807) is 0 Å². The van der Waals surface area contributed by atoms with Crippen LogP contribution in [0.1, 0.15) is 21.5 Å². The predicted octanol–water partition coefficient (Wildman–Crippen LogP) is 3.62. The molecule has 0 atom stereocenters. The van der Waals surface area contributed by atoms with Crippen LogP contribution in [0.4, 0.5) is 0 Å². The average molecular weight is 475 g/mol. The molecule has 0 aliphatic rings. The molecular formula is C15H12BrIN2OS. The van der Waals surface area contributed by atoms with E-state index in [1.165, 1.54) is 0 Å². The third kappa shape index (κ3) is 4.49. The van der Waals surface area contributed by atoms with Gasteiger partial charge in [-0.05, 0) is 62.3 Å². The number of carbonyl (C=O) groups excluding carboxylic acids is 1. The molecule has 0 aliphatic carbocycles. The molecule has 21 heavy (non-hydrogen) atoms. The number of nitrogens with two attached hydrogens (primary N) is 1. The van der Waals surface area contributed by atoms with Gasteiger partial charge in [-0.15, -0.1) is 0 Å². The van der Waals surface area contributed by atoms with Crippen molar-refractivity contribution < 1.29 is 4.79 Å². The number of halogens is 2. The van der Waals surface area contributed by atoms with Crippen molar-refractivity contribution in [3.8, 4) is 0 Å². The molecule has 2 rings (SSSR count). The summed E-state index contributed by atoms with van der Waals surface area (Å²) in [5, 5.41) is 2.90. The van der Waals surface area contributed by atoms with E-state index >= 15 is 0 Å². The van der Waals surface area contributed by atoms with Gasteiger partial charge in [-0.1, -0.05) is 36.5 Å². The largest absolute Gasteiger partial charge is 0.389 e. The zero-order chi connectivity index (χ0) is 15.4. The lowest BCUT2D eigenvalue weighted by atomic mass is 10.1. The molecule has 2 aromatic carbocycles. The van der Waals surface area contributed by atoms with Gasteiger partial charge in [0.05, 0.1) is 5.56 Å². The van der Waals surface area contributed by atoms with Gasteiger partial charge in [0.2, 0.25) is 0 Å². The Bertz CT molecular complexity index is 689. The minimum atomic E-state index is -0.112. The number of nitrogens with one attached hydrogen (secondary N) is 1. The zero-order valence-electron chi connectivity index (χ0n) is 10.9. The van der Waals surface area contributed by atoms with Crippen LogP contribution >= 0.6 is 50.7 Å². The maximum absolute atomic E-state index is 12.2. The van der Waals surface area contributed by atoms with Crippen molar-refractivity contribution in [3.05, 3.63) is 67.2 Å². The molecule has 0 radical (unpaired) electrons. The Morgan fingerprint density at radius 2 is 1.90 bits per heavy atom. The fourth-order valence-electron chi connectivity index (χ4n) is 1.74. The molecule has 3 N–H and O–H groups in total. The van der Waals surface area contributed by atoms with Gasteiger partial charge in [-0.25, -0.2) is 0 Å². The molecule has 6 heteroatoms. The zero-order valence-corrected chi connectivity index (χ0v) is 15.5. The summed E-state index contributed by atoms with van der Waals surface area (Å²) in [7, 11) is 0. The highest BCUT2D eigenvalue weighted by molar-refractivity contribution is 14.1. The van der Waals surface area contributed by atoms with Crippen LogP contribution in [0.3, 0.4) is 0 Å². The Morgan fingerprint density at radius 3 is 2.52 bits per heavy atom. The summed E-state index contributed by atoms with van der Waals surface area (Å²) < 4.78 is 1.80. The van der Waals surface area contributed by atoms with Crippen molar-refractivity contribution in [1.29, 1.82) is 0 Å². The highest BCUT2D eigenvalue weighted by atomic mass is 127. The second kappa shape index (κ2) is 7.33. The van der Waals surface area contributed by atoms with E-state index in [1.807, 2.05) is 42.5 Å². The van der Waals surface area contributed by atoms with Gasteiger partial charge in [0.15, 0.2) is 0 Å². The van der Waals surface area contributed by atoms with Crippen LogP contribution in [0.25, 0.3) is 0 Å². The molecule has 1 amide bonds. The summed E-state index contributed by atoms with van der Waals surface area (Å²) in [6.07, 6.45) is 0. The second-order valence-corrected chi connectivity index (χ2v) is 6.91. The lowest BCUT2D eigenvalue weighted by Gasteiger charge is -2.08. The first kappa shape index (κ1) is 16.4. The molecule has 0 bridgehead atoms. The number of amides is 1. The van der Waals surface area contributed by atoms with E-state index in [0.717, 1.165) is 19.2 Å². The molecule has 0 saturated carbocycles. The molecule has 0 saturated heterocycles. The summed E-state index contributed by atoms with van der Waals surface area (Å²) in [4.78, 5) is 12.5. The van der Waals surface area contributed by atoms with Crippen LogP contribution in [0, 0.1) is 3.57 Å². The van der Waals surface area contributed by atoms with E-state index in [9.17, 15) is 4.79 Å². The predicted molar refractivity (Wildman–Crippen MR) is 100 cm³/mol. The lowest BCUT2D eigenvalue weighted by molar-refractivity contribution is 0.0950. The Morgan fingerprint density at radius 1 is 1.24 bits per heavy atom. The van der Waals surface area contributed by atoms with Crippen molar-refractivity contribution >= 4 is 61.6 Å². The summed E-state index contributed by atoms with van der Waals surface area (Å²) >= 11 is 10.5. The molecule has 0 aromatic heterocycles. The average Bonchev–Trinajstić information content (AvgIpc) is 2.47. The Balaban J connectivity index is 2.04. The summed E-state index contributed by atoms with van der Waals surface area (Å²) in [6.45, 7) is 0.453. The molecule has 3 nitrogen and oxygen atoms in total. The number of benzene rings is 2. The first-order valence-corrected chi connectivity index (χ1v) is 8.37. The van der Waals surface area contributed by atoms with Gasteiger partial charge < -0.3 is 11.1 Å². The molecule has 0 heterocycles. The van der Waals surface area contributed by atoms with Crippen LogP contribution in [-0.4, -0.2) is 10.9 Å². The Kier molecular flexibility index (Phi) is 5.72. The van der Waals surface area contributed by atoms with Crippen molar-refractivity contribution in [3.63, 3.8) is 0 Å². The van der Waals surface area contributed by atoms with E-state index < -0.39 is 0 Å². The molecule has 0 aliphatic heterocycles. The molecule has 0 fully saturated rings. The van der Waals surface area contributed by atoms with E-state index in [4.69, 9.17) is 18.0 Å². The molecule has 108 valence electrons. The highest BCUT2D eigenvalue weighted by Gasteiger charge is 2.10. The molecule has 0 spiro atoms. The van der Waals surface area contributed by atoms with Crippen LogP contribution < -0.4 is 11.1 Å². The first-order chi connectivity index (χ1) is 9.97. The van der Waals surface area contributed by atoms with Gasteiger partial charge in [-0.2, -0.15) is 0 Å². The van der Waals surface area contributed by atoms with Crippen molar-refractivity contribution in [2.45, 2.75) is 6.54 Å². The fourth-order valence-corrected chi connectivity index (χ4v) is 2.79. The Labute approximate surface area is 150 Å². The monoisotopic (exact) mass is 474 g/mol. The Hall–Kier alpha value is -0.990. The minimum Gasteiger partial charge on any atom is -0.389 e. The summed E-state index contributed by atoms with van der Waals surface area (Å²) in [6, 6.07) is 13.2. The molecule has 0 unspecified atom stereocenters. The van der Waals surface area contributed by atoms with Crippen LogP contribution in [-0.2, 0) is 6.54 Å². The van der Waals surface area contributed by atoms with Crippen LogP contribution in [0.15, 0.2) is 46.9 Å². The fraction of sp³-hybridized carbons (Fsp3) is 0.0667. The van der Waals surface area contributed by atoms with Gasteiger partial charge in [0, 0.05) is 20.2 Å². The topological polar surface area (TPSA) is 55.1 Å². The summed E-state index contributed by atoms with van der Waals surface area (Å²) in [5.74, 6) is -0.112. The number of carbonyl (C=O) groups is 1. The molecule has 2 aromatic rings. The maximum Gasteiger partial charge on any atom is 0.252 e. The normalized spacial score (nSPS) is 10.2.